The summed E-state index contributed by atoms with van der Waals surface area (Å²) in [6.07, 6.45) is -0.530. The van der Waals surface area contributed by atoms with Gasteiger partial charge in [0.1, 0.15) is 5.75 Å². The predicted octanol–water partition coefficient (Wildman–Crippen LogP) is 3.64. The van der Waals surface area contributed by atoms with Gasteiger partial charge in [-0.1, -0.05) is 48.5 Å². The molecule has 0 bridgehead atoms. The van der Waals surface area contributed by atoms with Crippen molar-refractivity contribution in [2.45, 2.75) is 32.9 Å². The highest BCUT2D eigenvalue weighted by molar-refractivity contribution is 5.81. The topological polar surface area (TPSA) is 38.3 Å². The van der Waals surface area contributed by atoms with Gasteiger partial charge < -0.3 is 10.1 Å². The molecule has 3 nitrogen and oxygen atoms in total. The molecule has 0 aromatic heterocycles. The van der Waals surface area contributed by atoms with Crippen LogP contribution in [0.2, 0.25) is 0 Å². The van der Waals surface area contributed by atoms with Crippen molar-refractivity contribution in [2.75, 3.05) is 0 Å². The monoisotopic (exact) mass is 283 g/mol. The molecule has 0 aliphatic carbocycles. The first-order chi connectivity index (χ1) is 10.1. The van der Waals surface area contributed by atoms with Crippen LogP contribution in [-0.4, -0.2) is 12.0 Å². The summed E-state index contributed by atoms with van der Waals surface area (Å²) in [5.74, 6) is 0.627. The molecule has 0 saturated heterocycles. The van der Waals surface area contributed by atoms with Crippen LogP contribution in [0.15, 0.2) is 54.6 Å². The average molecular weight is 283 g/mol. The molecule has 0 radical (unpaired) electrons. The molecule has 0 fully saturated rings. The molecule has 3 heteroatoms. The van der Waals surface area contributed by atoms with Gasteiger partial charge in [0.2, 0.25) is 0 Å². The van der Waals surface area contributed by atoms with E-state index in [1.807, 2.05) is 68.4 Å². The molecule has 21 heavy (non-hydrogen) atoms. The van der Waals surface area contributed by atoms with E-state index < -0.39 is 6.10 Å². The number of ether oxygens (including phenoxy) is 1. The molecule has 2 aromatic rings. The zero-order valence-corrected chi connectivity index (χ0v) is 12.7. The Labute approximate surface area is 126 Å². The molecule has 1 amide bonds. The molecular formula is C18H21NO2. The van der Waals surface area contributed by atoms with Gasteiger partial charge in [0.25, 0.3) is 5.91 Å². The van der Waals surface area contributed by atoms with Crippen LogP contribution >= 0.6 is 0 Å². The van der Waals surface area contributed by atoms with E-state index in [0.717, 1.165) is 16.9 Å². The van der Waals surface area contributed by atoms with Gasteiger partial charge in [-0.05, 0) is 38.0 Å². The van der Waals surface area contributed by atoms with Crippen molar-refractivity contribution >= 4 is 5.91 Å². The van der Waals surface area contributed by atoms with E-state index in [-0.39, 0.29) is 11.9 Å². The summed E-state index contributed by atoms with van der Waals surface area (Å²) in [5, 5.41) is 2.97. The van der Waals surface area contributed by atoms with Crippen LogP contribution in [0.5, 0.6) is 5.75 Å². The molecule has 0 aliphatic heterocycles. The summed E-state index contributed by atoms with van der Waals surface area (Å²) < 4.78 is 5.73. The van der Waals surface area contributed by atoms with E-state index in [2.05, 4.69) is 5.32 Å². The summed E-state index contributed by atoms with van der Waals surface area (Å²) in [4.78, 5) is 12.2. The van der Waals surface area contributed by atoms with Crippen LogP contribution in [0.25, 0.3) is 0 Å². The maximum atomic E-state index is 12.2. The van der Waals surface area contributed by atoms with Crippen molar-refractivity contribution < 1.29 is 9.53 Å². The van der Waals surface area contributed by atoms with Crippen LogP contribution in [0.3, 0.4) is 0 Å². The largest absolute Gasteiger partial charge is 0.481 e. The van der Waals surface area contributed by atoms with Gasteiger partial charge >= 0.3 is 0 Å². The number of carbonyl (C=O) groups is 1. The van der Waals surface area contributed by atoms with E-state index in [4.69, 9.17) is 4.74 Å². The lowest BCUT2D eigenvalue weighted by Gasteiger charge is -2.19. The van der Waals surface area contributed by atoms with Gasteiger partial charge in [-0.3, -0.25) is 4.79 Å². The lowest BCUT2D eigenvalue weighted by atomic mass is 10.1. The third-order valence-corrected chi connectivity index (χ3v) is 3.42. The van der Waals surface area contributed by atoms with Gasteiger partial charge in [0, 0.05) is 0 Å². The number of amides is 1. The standard InChI is InChI=1S/C18H21NO2/c1-13-9-7-8-12-17(13)21-15(3)18(20)19-14(2)16-10-5-4-6-11-16/h4-12,14-15H,1-3H3,(H,19,20). The minimum absolute atomic E-state index is 0.0402. The zero-order chi connectivity index (χ0) is 15.2. The van der Waals surface area contributed by atoms with Crippen molar-refractivity contribution in [2.24, 2.45) is 0 Å². The van der Waals surface area contributed by atoms with E-state index in [9.17, 15) is 4.79 Å². The molecule has 110 valence electrons. The predicted molar refractivity (Wildman–Crippen MR) is 84.3 cm³/mol. The van der Waals surface area contributed by atoms with Gasteiger partial charge in [-0.25, -0.2) is 0 Å². The summed E-state index contributed by atoms with van der Waals surface area (Å²) in [7, 11) is 0. The molecular weight excluding hydrogens is 262 g/mol. The van der Waals surface area contributed by atoms with Crippen LogP contribution < -0.4 is 10.1 Å². The Bertz CT molecular complexity index is 595. The molecule has 2 atom stereocenters. The summed E-state index contributed by atoms with van der Waals surface area (Å²) in [6, 6.07) is 17.5. The Kier molecular flexibility index (Phi) is 4.99. The normalized spacial score (nSPS) is 13.3. The first-order valence-corrected chi connectivity index (χ1v) is 7.15. The number of hydrogen-bond acceptors (Lipinski definition) is 2. The molecule has 0 aliphatic rings. The average Bonchev–Trinajstić information content (AvgIpc) is 2.50. The number of para-hydroxylation sites is 1. The Morgan fingerprint density at radius 1 is 1.00 bits per heavy atom. The molecule has 1 N–H and O–H groups in total. The molecule has 2 rings (SSSR count). The van der Waals surface area contributed by atoms with Gasteiger partial charge in [-0.15, -0.1) is 0 Å². The van der Waals surface area contributed by atoms with Gasteiger partial charge in [0.05, 0.1) is 6.04 Å². The van der Waals surface area contributed by atoms with Crippen molar-refractivity contribution in [3.8, 4) is 5.75 Å². The maximum Gasteiger partial charge on any atom is 0.261 e. The minimum Gasteiger partial charge on any atom is -0.481 e. The minimum atomic E-state index is -0.530. The van der Waals surface area contributed by atoms with Crippen molar-refractivity contribution in [1.82, 2.24) is 5.32 Å². The fourth-order valence-electron chi connectivity index (χ4n) is 2.09. The third-order valence-electron chi connectivity index (χ3n) is 3.42. The van der Waals surface area contributed by atoms with E-state index in [1.54, 1.807) is 6.92 Å². The van der Waals surface area contributed by atoms with Crippen LogP contribution in [0.1, 0.15) is 31.0 Å². The van der Waals surface area contributed by atoms with Gasteiger partial charge in [-0.2, -0.15) is 0 Å². The zero-order valence-electron chi connectivity index (χ0n) is 12.7. The van der Waals surface area contributed by atoms with Crippen LogP contribution in [0, 0.1) is 6.92 Å². The van der Waals surface area contributed by atoms with Crippen molar-refractivity contribution in [3.63, 3.8) is 0 Å². The molecule has 0 heterocycles. The highest BCUT2D eigenvalue weighted by atomic mass is 16.5. The van der Waals surface area contributed by atoms with Crippen LogP contribution in [0.4, 0.5) is 0 Å². The Morgan fingerprint density at radius 2 is 1.62 bits per heavy atom. The molecule has 0 spiro atoms. The van der Waals surface area contributed by atoms with Gasteiger partial charge in [0.15, 0.2) is 6.10 Å². The smallest absolute Gasteiger partial charge is 0.261 e. The summed E-state index contributed by atoms with van der Waals surface area (Å²) in [6.45, 7) is 5.69. The molecule has 2 unspecified atom stereocenters. The lowest BCUT2D eigenvalue weighted by molar-refractivity contribution is -0.127. The Morgan fingerprint density at radius 3 is 2.29 bits per heavy atom. The first kappa shape index (κ1) is 15.1. The number of rotatable bonds is 5. The number of benzene rings is 2. The van der Waals surface area contributed by atoms with E-state index in [1.165, 1.54) is 0 Å². The fraction of sp³-hybridized carbons (Fsp3) is 0.278. The first-order valence-electron chi connectivity index (χ1n) is 7.15. The molecule has 0 saturated carbocycles. The maximum absolute atomic E-state index is 12.2. The SMILES string of the molecule is Cc1ccccc1OC(C)C(=O)NC(C)c1ccccc1. The highest BCUT2D eigenvalue weighted by Gasteiger charge is 2.18. The number of aryl methyl sites for hydroxylation is 1. The highest BCUT2D eigenvalue weighted by Crippen LogP contribution is 2.18. The van der Waals surface area contributed by atoms with Crippen LogP contribution in [-0.2, 0) is 4.79 Å². The Hall–Kier alpha value is -2.29. The second-order valence-corrected chi connectivity index (χ2v) is 5.17. The summed E-state index contributed by atoms with van der Waals surface area (Å²) >= 11 is 0. The Balaban J connectivity index is 1.95. The summed E-state index contributed by atoms with van der Waals surface area (Å²) in [5.41, 5.74) is 2.10. The number of nitrogens with one attached hydrogen (secondary N) is 1. The number of hydrogen-bond donors (Lipinski definition) is 1. The van der Waals surface area contributed by atoms with Crippen molar-refractivity contribution in [1.29, 1.82) is 0 Å². The lowest BCUT2D eigenvalue weighted by Crippen LogP contribution is -2.37. The fourth-order valence-corrected chi connectivity index (χ4v) is 2.09. The second kappa shape index (κ2) is 6.93. The van der Waals surface area contributed by atoms with E-state index >= 15 is 0 Å². The molecule has 2 aromatic carbocycles. The van der Waals surface area contributed by atoms with E-state index in [0.29, 0.717) is 0 Å². The van der Waals surface area contributed by atoms with Crippen molar-refractivity contribution in [3.05, 3.63) is 65.7 Å². The third kappa shape index (κ3) is 4.09. The second-order valence-electron chi connectivity index (χ2n) is 5.17. The number of carbonyl (C=O) groups excluding carboxylic acids is 1. The quantitative estimate of drug-likeness (QED) is 0.909.